The molecule has 0 bridgehead atoms. The zero-order chi connectivity index (χ0) is 11.4. The van der Waals surface area contributed by atoms with Crippen molar-refractivity contribution in [1.82, 2.24) is 15.0 Å². The molecule has 2 aromatic heterocycles. The first kappa shape index (κ1) is 11.3. The normalized spacial score (nSPS) is 10.4. The fourth-order valence-electron chi connectivity index (χ4n) is 1.10. The van der Waals surface area contributed by atoms with E-state index >= 15 is 0 Å². The Morgan fingerprint density at radius 3 is 2.69 bits per heavy atom. The lowest BCUT2D eigenvalue weighted by Gasteiger charge is -2.03. The molecule has 6 heteroatoms. The first-order valence-electron chi connectivity index (χ1n) is 4.59. The first-order valence-corrected chi connectivity index (χ1v) is 5.78. The number of nitrogens with zero attached hydrogens (tertiary/aromatic N) is 3. The third-order valence-corrected chi connectivity index (χ3v) is 3.04. The monoisotopic (exact) mass is 252 g/mol. The van der Waals surface area contributed by atoms with Crippen LogP contribution in [0.15, 0.2) is 40.8 Å². The third-order valence-electron chi connectivity index (χ3n) is 1.83. The molecule has 0 aromatic carbocycles. The molecular weight excluding hydrogens is 244 g/mol. The van der Waals surface area contributed by atoms with Crippen molar-refractivity contribution in [1.29, 1.82) is 0 Å². The Hall–Kier alpha value is -1.17. The molecule has 0 radical (unpaired) electrons. The van der Waals surface area contributed by atoms with Crippen molar-refractivity contribution in [3.63, 3.8) is 0 Å². The van der Waals surface area contributed by atoms with Crippen molar-refractivity contribution in [3.8, 4) is 0 Å². The van der Waals surface area contributed by atoms with Crippen molar-refractivity contribution >= 4 is 23.4 Å². The van der Waals surface area contributed by atoms with Crippen LogP contribution in [0.4, 0.5) is 0 Å². The molecule has 0 unspecified atom stereocenters. The molecule has 16 heavy (non-hydrogen) atoms. The number of pyridine rings is 1. The molecule has 2 heterocycles. The van der Waals surface area contributed by atoms with Gasteiger partial charge in [0.15, 0.2) is 0 Å². The van der Waals surface area contributed by atoms with Gasteiger partial charge in [0.05, 0.1) is 10.7 Å². The lowest BCUT2D eigenvalue weighted by molar-refractivity contribution is 0.884. The zero-order valence-electron chi connectivity index (χ0n) is 8.30. The van der Waals surface area contributed by atoms with Gasteiger partial charge in [0.25, 0.3) is 0 Å². The minimum atomic E-state index is 0.365. The fourth-order valence-corrected chi connectivity index (χ4v) is 2.02. The molecule has 2 N–H and O–H groups in total. The van der Waals surface area contributed by atoms with Gasteiger partial charge in [-0.1, -0.05) is 11.6 Å². The molecule has 0 aliphatic carbocycles. The highest BCUT2D eigenvalue weighted by atomic mass is 35.5. The van der Waals surface area contributed by atoms with Crippen LogP contribution in [0.5, 0.6) is 0 Å². The average molecular weight is 253 g/mol. The molecule has 0 fully saturated rings. The lowest BCUT2D eigenvalue weighted by Crippen LogP contribution is -2.02. The summed E-state index contributed by atoms with van der Waals surface area (Å²) >= 11 is 7.18. The van der Waals surface area contributed by atoms with Crippen molar-refractivity contribution in [3.05, 3.63) is 41.4 Å². The summed E-state index contributed by atoms with van der Waals surface area (Å²) in [6, 6.07) is 3.62. The Morgan fingerprint density at radius 1 is 1.19 bits per heavy atom. The van der Waals surface area contributed by atoms with E-state index in [0.29, 0.717) is 11.6 Å². The minimum absolute atomic E-state index is 0.365. The summed E-state index contributed by atoms with van der Waals surface area (Å²) in [4.78, 5) is 12.5. The Bertz CT molecular complexity index is 475. The predicted octanol–water partition coefficient (Wildman–Crippen LogP) is 2.13. The van der Waals surface area contributed by atoms with Gasteiger partial charge in [-0.2, -0.15) is 0 Å². The third kappa shape index (κ3) is 2.69. The van der Waals surface area contributed by atoms with E-state index < -0.39 is 0 Å². The number of nitrogens with two attached hydrogens (primary N) is 1. The summed E-state index contributed by atoms with van der Waals surface area (Å²) in [5, 5.41) is 2.21. The smallest absolute Gasteiger partial charge is 0.125 e. The van der Waals surface area contributed by atoms with Crippen molar-refractivity contribution in [2.24, 2.45) is 5.73 Å². The molecule has 0 aliphatic rings. The van der Waals surface area contributed by atoms with E-state index in [-0.39, 0.29) is 0 Å². The molecule has 2 aromatic rings. The molecule has 4 nitrogen and oxygen atoms in total. The van der Waals surface area contributed by atoms with Crippen LogP contribution in [-0.2, 0) is 6.54 Å². The molecule has 0 spiro atoms. The van der Waals surface area contributed by atoms with E-state index in [4.69, 9.17) is 17.3 Å². The molecular formula is C10H9ClN4S. The van der Waals surface area contributed by atoms with E-state index in [0.717, 1.165) is 15.7 Å². The lowest BCUT2D eigenvalue weighted by atomic mass is 10.5. The van der Waals surface area contributed by atoms with Gasteiger partial charge < -0.3 is 5.73 Å². The summed E-state index contributed by atoms with van der Waals surface area (Å²) in [7, 11) is 0. The van der Waals surface area contributed by atoms with Crippen LogP contribution < -0.4 is 5.73 Å². The summed E-state index contributed by atoms with van der Waals surface area (Å²) in [5.41, 5.74) is 6.34. The Morgan fingerprint density at radius 2 is 2.00 bits per heavy atom. The first-order chi connectivity index (χ1) is 7.79. The van der Waals surface area contributed by atoms with E-state index in [2.05, 4.69) is 15.0 Å². The largest absolute Gasteiger partial charge is 0.325 e. The number of aromatic nitrogens is 3. The van der Waals surface area contributed by atoms with Crippen molar-refractivity contribution in [2.75, 3.05) is 0 Å². The molecule has 0 saturated heterocycles. The molecule has 82 valence electrons. The summed E-state index contributed by atoms with van der Waals surface area (Å²) in [6.07, 6.45) is 4.86. The number of hydrogen-bond donors (Lipinski definition) is 1. The van der Waals surface area contributed by atoms with Crippen LogP contribution in [-0.4, -0.2) is 15.0 Å². The quantitative estimate of drug-likeness (QED) is 0.907. The van der Waals surface area contributed by atoms with Crippen molar-refractivity contribution in [2.45, 2.75) is 16.6 Å². The highest BCUT2D eigenvalue weighted by molar-refractivity contribution is 7.99. The summed E-state index contributed by atoms with van der Waals surface area (Å²) in [5.74, 6) is 0. The Kier molecular flexibility index (Phi) is 3.71. The topological polar surface area (TPSA) is 64.7 Å². The number of hydrogen-bond acceptors (Lipinski definition) is 5. The highest BCUT2D eigenvalue weighted by Crippen LogP contribution is 2.26. The Balaban J connectivity index is 2.23. The van der Waals surface area contributed by atoms with Gasteiger partial charge in [-0.3, -0.25) is 4.98 Å². The van der Waals surface area contributed by atoms with Gasteiger partial charge in [-0.25, -0.2) is 9.97 Å². The van der Waals surface area contributed by atoms with Crippen LogP contribution in [0.2, 0.25) is 5.02 Å². The maximum absolute atomic E-state index is 5.75. The number of rotatable bonds is 3. The molecule has 0 saturated carbocycles. The predicted molar refractivity (Wildman–Crippen MR) is 63.3 cm³/mol. The van der Waals surface area contributed by atoms with Gasteiger partial charge in [0, 0.05) is 25.1 Å². The highest BCUT2D eigenvalue weighted by Gasteiger charge is 2.06. The van der Waals surface area contributed by atoms with Crippen molar-refractivity contribution < 1.29 is 0 Å². The second-order valence-electron chi connectivity index (χ2n) is 2.93. The van der Waals surface area contributed by atoms with Gasteiger partial charge in [-0.15, -0.1) is 0 Å². The minimum Gasteiger partial charge on any atom is -0.325 e. The second kappa shape index (κ2) is 5.25. The molecule has 2 rings (SSSR count). The average Bonchev–Trinajstić information content (AvgIpc) is 2.33. The van der Waals surface area contributed by atoms with Crippen LogP contribution >= 0.6 is 23.4 Å². The second-order valence-corrected chi connectivity index (χ2v) is 4.37. The molecule has 0 atom stereocenters. The summed E-state index contributed by atoms with van der Waals surface area (Å²) in [6.45, 7) is 0.365. The maximum Gasteiger partial charge on any atom is 0.125 e. The van der Waals surface area contributed by atoms with E-state index in [1.165, 1.54) is 11.8 Å². The number of halogens is 1. The van der Waals surface area contributed by atoms with Crippen LogP contribution in [0.1, 0.15) is 5.69 Å². The SMILES string of the molecule is NCc1nccnc1Sc1ccc(Cl)cn1. The molecule has 0 amide bonds. The van der Waals surface area contributed by atoms with Crippen LogP contribution in [0.3, 0.4) is 0 Å². The zero-order valence-corrected chi connectivity index (χ0v) is 9.87. The van der Waals surface area contributed by atoms with E-state index in [1.807, 2.05) is 6.07 Å². The van der Waals surface area contributed by atoms with Crippen LogP contribution in [0.25, 0.3) is 0 Å². The van der Waals surface area contributed by atoms with Gasteiger partial charge >= 0.3 is 0 Å². The summed E-state index contributed by atoms with van der Waals surface area (Å²) < 4.78 is 0. The van der Waals surface area contributed by atoms with E-state index in [9.17, 15) is 0 Å². The molecule has 0 aliphatic heterocycles. The maximum atomic E-state index is 5.75. The van der Waals surface area contributed by atoms with E-state index in [1.54, 1.807) is 24.7 Å². The van der Waals surface area contributed by atoms with Gasteiger partial charge in [0.2, 0.25) is 0 Å². The van der Waals surface area contributed by atoms with Gasteiger partial charge in [0.1, 0.15) is 10.1 Å². The standard InChI is InChI=1S/C10H9ClN4S/c11-7-1-2-9(15-6-7)16-10-8(5-12)13-3-4-14-10/h1-4,6H,5,12H2. The van der Waals surface area contributed by atoms with Gasteiger partial charge in [-0.05, 0) is 23.9 Å². The Labute approximate surface area is 102 Å². The fraction of sp³-hybridized carbons (Fsp3) is 0.100. The van der Waals surface area contributed by atoms with Crippen LogP contribution in [0, 0.1) is 0 Å².